The van der Waals surface area contributed by atoms with E-state index >= 15 is 0 Å². The van der Waals surface area contributed by atoms with Gasteiger partial charge in [0.25, 0.3) is 0 Å². The molecule has 0 fully saturated rings. The van der Waals surface area contributed by atoms with Gasteiger partial charge >= 0.3 is 0 Å². The van der Waals surface area contributed by atoms with Crippen LogP contribution in [0, 0.1) is 19.3 Å². The van der Waals surface area contributed by atoms with Gasteiger partial charge in [-0.1, -0.05) is 13.8 Å². The second-order valence-corrected chi connectivity index (χ2v) is 9.13. The van der Waals surface area contributed by atoms with Gasteiger partial charge in [-0.05, 0) is 67.1 Å². The molecule has 0 saturated heterocycles. The van der Waals surface area contributed by atoms with Gasteiger partial charge in [0.1, 0.15) is 11.5 Å². The van der Waals surface area contributed by atoms with E-state index in [0.29, 0.717) is 6.42 Å². The maximum absolute atomic E-state index is 13.4. The Labute approximate surface area is 178 Å². The molecular formula is C25H30N2O3. The number of aryl methyl sites for hydroxylation is 2. The van der Waals surface area contributed by atoms with Crippen LogP contribution in [0.2, 0.25) is 0 Å². The molecule has 1 aliphatic carbocycles. The molecule has 1 heterocycles. The molecule has 0 saturated carbocycles. The Kier molecular flexibility index (Phi) is 5.00. The van der Waals surface area contributed by atoms with E-state index in [1.54, 1.807) is 14.2 Å². The summed E-state index contributed by atoms with van der Waals surface area (Å²) in [6, 6.07) is 9.70. The molecule has 0 aromatic heterocycles. The molecule has 0 unspecified atom stereocenters. The lowest BCUT2D eigenvalue weighted by atomic mass is 9.73. The van der Waals surface area contributed by atoms with Gasteiger partial charge in [-0.3, -0.25) is 4.79 Å². The van der Waals surface area contributed by atoms with E-state index < -0.39 is 0 Å². The lowest BCUT2D eigenvalue weighted by Crippen LogP contribution is -2.31. The summed E-state index contributed by atoms with van der Waals surface area (Å²) in [5.74, 6) is 1.62. The van der Waals surface area contributed by atoms with Crippen LogP contribution >= 0.6 is 0 Å². The summed E-state index contributed by atoms with van der Waals surface area (Å²) < 4.78 is 11.2. The number of ether oxygens (including phenoxy) is 2. The van der Waals surface area contributed by atoms with Crippen LogP contribution in [0.3, 0.4) is 0 Å². The first-order valence-electron chi connectivity index (χ1n) is 10.4. The number of nitrogens with one attached hydrogen (secondary N) is 2. The minimum absolute atomic E-state index is 0.0871. The molecule has 0 radical (unpaired) electrons. The Morgan fingerprint density at radius 1 is 0.967 bits per heavy atom. The van der Waals surface area contributed by atoms with Gasteiger partial charge in [0.15, 0.2) is 5.78 Å². The number of hydrogen-bond donors (Lipinski definition) is 2. The number of carbonyl (C=O) groups is 1. The van der Waals surface area contributed by atoms with E-state index in [9.17, 15) is 4.79 Å². The fourth-order valence-electron chi connectivity index (χ4n) is 4.51. The maximum atomic E-state index is 13.4. The van der Waals surface area contributed by atoms with Crippen molar-refractivity contribution in [2.24, 2.45) is 5.41 Å². The molecule has 1 atom stereocenters. The molecule has 158 valence electrons. The zero-order valence-electron chi connectivity index (χ0n) is 18.6. The monoisotopic (exact) mass is 406 g/mol. The first-order valence-corrected chi connectivity index (χ1v) is 10.4. The first kappa shape index (κ1) is 20.3. The molecular weight excluding hydrogens is 376 g/mol. The summed E-state index contributed by atoms with van der Waals surface area (Å²) in [5, 5.41) is 7.26. The molecule has 2 aromatic rings. The van der Waals surface area contributed by atoms with Crippen molar-refractivity contribution >= 4 is 17.2 Å². The summed E-state index contributed by atoms with van der Waals surface area (Å²) in [7, 11) is 3.30. The SMILES string of the molecule is COc1ccc(OC)c([C@@H]2Nc3cc(C)c(C)cc3NC3=C2C(=O)CC(C)(C)C3)c1. The van der Waals surface area contributed by atoms with Gasteiger partial charge in [0.05, 0.1) is 31.6 Å². The van der Waals surface area contributed by atoms with Crippen LogP contribution < -0.4 is 20.1 Å². The lowest BCUT2D eigenvalue weighted by molar-refractivity contribution is -0.118. The van der Waals surface area contributed by atoms with Crippen molar-refractivity contribution < 1.29 is 14.3 Å². The highest BCUT2D eigenvalue weighted by Gasteiger charge is 2.39. The van der Waals surface area contributed by atoms with E-state index in [0.717, 1.165) is 46.1 Å². The minimum atomic E-state index is -0.329. The number of hydrogen-bond acceptors (Lipinski definition) is 5. The van der Waals surface area contributed by atoms with Gasteiger partial charge in [0.2, 0.25) is 0 Å². The second kappa shape index (κ2) is 7.38. The van der Waals surface area contributed by atoms with Gasteiger partial charge in [-0.2, -0.15) is 0 Å². The maximum Gasteiger partial charge on any atom is 0.163 e. The summed E-state index contributed by atoms with van der Waals surface area (Å²) in [4.78, 5) is 13.4. The third kappa shape index (κ3) is 3.53. The van der Waals surface area contributed by atoms with Gasteiger partial charge in [-0.15, -0.1) is 0 Å². The number of ketones is 1. The van der Waals surface area contributed by atoms with Crippen LogP contribution in [0.1, 0.15) is 49.4 Å². The average molecular weight is 407 g/mol. The van der Waals surface area contributed by atoms with Crippen LogP contribution in [0.25, 0.3) is 0 Å². The number of Topliss-reactive ketones (excluding diaryl/α,β-unsaturated/α-hetero) is 1. The quantitative estimate of drug-likeness (QED) is 0.701. The van der Waals surface area contributed by atoms with Crippen molar-refractivity contribution in [3.63, 3.8) is 0 Å². The van der Waals surface area contributed by atoms with Crippen molar-refractivity contribution in [2.75, 3.05) is 24.9 Å². The number of anilines is 2. The molecule has 2 aliphatic rings. The van der Waals surface area contributed by atoms with E-state index in [2.05, 4.69) is 50.5 Å². The van der Waals surface area contributed by atoms with E-state index in [1.807, 2.05) is 18.2 Å². The summed E-state index contributed by atoms with van der Waals surface area (Å²) in [6.45, 7) is 8.51. The number of fused-ring (bicyclic) bond motifs is 1. The van der Waals surface area contributed by atoms with Crippen molar-refractivity contribution in [1.82, 2.24) is 0 Å². The van der Waals surface area contributed by atoms with Gasteiger partial charge in [0, 0.05) is 23.3 Å². The van der Waals surface area contributed by atoms with Crippen molar-refractivity contribution in [3.05, 3.63) is 58.3 Å². The molecule has 2 N–H and O–H groups in total. The molecule has 0 spiro atoms. The highest BCUT2D eigenvalue weighted by molar-refractivity contribution is 6.01. The fraction of sp³-hybridized carbons (Fsp3) is 0.400. The number of benzene rings is 2. The molecule has 2 aromatic carbocycles. The third-order valence-corrected chi connectivity index (χ3v) is 6.18. The topological polar surface area (TPSA) is 59.6 Å². The fourth-order valence-corrected chi connectivity index (χ4v) is 4.51. The van der Waals surface area contributed by atoms with Gasteiger partial charge < -0.3 is 20.1 Å². The largest absolute Gasteiger partial charge is 0.497 e. The van der Waals surface area contributed by atoms with E-state index in [1.165, 1.54) is 11.1 Å². The Balaban J connectivity index is 1.95. The molecule has 0 amide bonds. The van der Waals surface area contributed by atoms with E-state index in [4.69, 9.17) is 9.47 Å². The van der Waals surface area contributed by atoms with Crippen molar-refractivity contribution in [3.8, 4) is 11.5 Å². The average Bonchev–Trinajstić information content (AvgIpc) is 2.83. The van der Waals surface area contributed by atoms with Crippen molar-refractivity contribution in [2.45, 2.75) is 46.6 Å². The van der Waals surface area contributed by atoms with E-state index in [-0.39, 0.29) is 17.2 Å². The Bertz CT molecular complexity index is 1050. The zero-order valence-corrected chi connectivity index (χ0v) is 18.6. The predicted octanol–water partition coefficient (Wildman–Crippen LogP) is 5.54. The highest BCUT2D eigenvalue weighted by atomic mass is 16.5. The summed E-state index contributed by atoms with van der Waals surface area (Å²) in [6.07, 6.45) is 1.33. The number of rotatable bonds is 3. The number of carbonyl (C=O) groups excluding carboxylic acids is 1. The van der Waals surface area contributed by atoms with Crippen LogP contribution in [0.4, 0.5) is 11.4 Å². The molecule has 4 rings (SSSR count). The smallest absolute Gasteiger partial charge is 0.163 e. The van der Waals surface area contributed by atoms with Crippen LogP contribution in [0.5, 0.6) is 11.5 Å². The summed E-state index contributed by atoms with van der Waals surface area (Å²) in [5.41, 5.74) is 6.97. The number of allylic oxidation sites excluding steroid dienone is 1. The lowest BCUT2D eigenvalue weighted by Gasteiger charge is -2.34. The highest BCUT2D eigenvalue weighted by Crippen LogP contribution is 2.47. The van der Waals surface area contributed by atoms with Crippen molar-refractivity contribution in [1.29, 1.82) is 0 Å². The predicted molar refractivity (Wildman–Crippen MR) is 120 cm³/mol. The molecule has 0 bridgehead atoms. The van der Waals surface area contributed by atoms with Crippen LogP contribution in [0.15, 0.2) is 41.6 Å². The zero-order chi connectivity index (χ0) is 21.6. The standard InChI is InChI=1S/C25H30N2O3/c1-14-9-18-19(10-15(14)2)27-24(17-11-16(29-5)7-8-22(17)30-6)23-20(26-18)12-25(3,4)13-21(23)28/h7-11,24,26-27H,12-13H2,1-6H3/t24-/m0/s1. The Hall–Kier alpha value is -2.95. The van der Waals surface area contributed by atoms with Gasteiger partial charge in [-0.25, -0.2) is 0 Å². The minimum Gasteiger partial charge on any atom is -0.497 e. The van der Waals surface area contributed by atoms with Crippen LogP contribution in [-0.4, -0.2) is 20.0 Å². The molecule has 30 heavy (non-hydrogen) atoms. The third-order valence-electron chi connectivity index (χ3n) is 6.18. The molecule has 1 aliphatic heterocycles. The Morgan fingerprint density at radius 3 is 2.33 bits per heavy atom. The molecule has 5 heteroatoms. The molecule has 5 nitrogen and oxygen atoms in total. The first-order chi connectivity index (χ1) is 14.2. The number of methoxy groups -OCH3 is 2. The summed E-state index contributed by atoms with van der Waals surface area (Å²) >= 11 is 0. The second-order valence-electron chi connectivity index (χ2n) is 9.13. The van der Waals surface area contributed by atoms with Crippen LogP contribution in [-0.2, 0) is 4.79 Å². The normalized spacial score (nSPS) is 19.8. The Morgan fingerprint density at radius 2 is 1.67 bits per heavy atom.